The zero-order chi connectivity index (χ0) is 13.1. The molecular formula is C15H20N2S. The highest BCUT2D eigenvalue weighted by Gasteiger charge is 2.27. The van der Waals surface area contributed by atoms with Crippen LogP contribution in [0.15, 0.2) is 24.4 Å². The fourth-order valence-electron chi connectivity index (χ4n) is 2.67. The summed E-state index contributed by atoms with van der Waals surface area (Å²) in [6.07, 6.45) is 3.46. The lowest BCUT2D eigenvalue weighted by molar-refractivity contribution is 0.436. The molecule has 18 heavy (non-hydrogen) atoms. The van der Waals surface area contributed by atoms with Crippen LogP contribution >= 0.6 is 12.2 Å². The maximum absolute atomic E-state index is 4.91. The van der Waals surface area contributed by atoms with Gasteiger partial charge in [0.25, 0.3) is 0 Å². The topological polar surface area (TPSA) is 24.9 Å². The summed E-state index contributed by atoms with van der Waals surface area (Å²) in [4.78, 5) is 4.74. The van der Waals surface area contributed by atoms with Crippen LogP contribution in [0.3, 0.4) is 0 Å². The van der Waals surface area contributed by atoms with Gasteiger partial charge in [0.1, 0.15) is 0 Å². The van der Waals surface area contributed by atoms with E-state index in [0.717, 1.165) is 24.2 Å². The molecule has 1 N–H and O–H groups in total. The highest BCUT2D eigenvalue weighted by Crippen LogP contribution is 2.38. The molecule has 2 atom stereocenters. The number of aryl methyl sites for hydroxylation is 1. The Balaban J connectivity index is 2.33. The quantitative estimate of drug-likeness (QED) is 0.658. The van der Waals surface area contributed by atoms with E-state index >= 15 is 0 Å². The lowest BCUT2D eigenvalue weighted by Crippen LogP contribution is -2.27. The molecule has 1 aliphatic carbocycles. The number of nitrogens with zero attached hydrogens (tertiary/aromatic N) is 1. The highest BCUT2D eigenvalue weighted by molar-refractivity contribution is 7.79. The molecule has 2 unspecified atom stereocenters. The van der Waals surface area contributed by atoms with Crippen molar-refractivity contribution in [2.24, 2.45) is 0 Å². The lowest BCUT2D eigenvalue weighted by atomic mass is 9.82. The summed E-state index contributed by atoms with van der Waals surface area (Å²) >= 11 is 4.91. The molecular weight excluding hydrogens is 240 g/mol. The average molecular weight is 260 g/mol. The Morgan fingerprint density at radius 2 is 2.33 bits per heavy atom. The first-order valence-corrected chi connectivity index (χ1v) is 7.01. The van der Waals surface area contributed by atoms with Crippen molar-refractivity contribution in [2.45, 2.75) is 45.1 Å². The van der Waals surface area contributed by atoms with Gasteiger partial charge in [0.2, 0.25) is 0 Å². The SMILES string of the molecule is C=C(C=S)NC1CCC(CC)c2nc(C)ccc21. The summed E-state index contributed by atoms with van der Waals surface area (Å²) in [7, 11) is 0. The van der Waals surface area contributed by atoms with Crippen LogP contribution in [0.4, 0.5) is 0 Å². The number of pyridine rings is 1. The summed E-state index contributed by atoms with van der Waals surface area (Å²) in [5.74, 6) is 0.596. The van der Waals surface area contributed by atoms with Crippen LogP contribution < -0.4 is 5.32 Å². The van der Waals surface area contributed by atoms with Crippen LogP contribution in [0.2, 0.25) is 0 Å². The molecule has 0 fully saturated rings. The van der Waals surface area contributed by atoms with Crippen molar-refractivity contribution in [1.82, 2.24) is 10.3 Å². The number of fused-ring (bicyclic) bond motifs is 1. The van der Waals surface area contributed by atoms with Gasteiger partial charge < -0.3 is 5.32 Å². The number of hydrogen-bond donors (Lipinski definition) is 1. The zero-order valence-electron chi connectivity index (χ0n) is 11.1. The molecule has 0 aliphatic heterocycles. The van der Waals surface area contributed by atoms with E-state index in [2.05, 4.69) is 37.9 Å². The van der Waals surface area contributed by atoms with Gasteiger partial charge in [-0.1, -0.05) is 31.8 Å². The predicted octanol–water partition coefficient (Wildman–Crippen LogP) is 3.82. The molecule has 0 saturated heterocycles. The largest absolute Gasteiger partial charge is 0.378 e. The third-order valence-electron chi connectivity index (χ3n) is 3.66. The third-order valence-corrected chi connectivity index (χ3v) is 3.94. The van der Waals surface area contributed by atoms with E-state index < -0.39 is 0 Å². The molecule has 0 saturated carbocycles. The van der Waals surface area contributed by atoms with E-state index in [1.165, 1.54) is 17.7 Å². The first-order valence-electron chi connectivity index (χ1n) is 6.53. The third kappa shape index (κ3) is 2.61. The molecule has 0 aromatic carbocycles. The first-order chi connectivity index (χ1) is 8.65. The number of rotatable bonds is 4. The van der Waals surface area contributed by atoms with Gasteiger partial charge in [-0.15, -0.1) is 0 Å². The standard InChI is InChI=1S/C15H20N2S/c1-4-12-6-8-14(16-11(3)9-18)13-7-5-10(2)17-15(12)13/h5,7,9,12,14,16H,3-4,6,8H2,1-2H3. The average Bonchev–Trinajstić information content (AvgIpc) is 2.38. The number of thiocarbonyl (C=S) groups is 1. The van der Waals surface area contributed by atoms with Crippen molar-refractivity contribution < 1.29 is 0 Å². The van der Waals surface area contributed by atoms with E-state index in [-0.39, 0.29) is 0 Å². The number of nitrogens with one attached hydrogen (secondary N) is 1. The summed E-state index contributed by atoms with van der Waals surface area (Å²) in [5.41, 5.74) is 4.49. The second kappa shape index (κ2) is 5.61. The van der Waals surface area contributed by atoms with Gasteiger partial charge in [0.15, 0.2) is 0 Å². The van der Waals surface area contributed by atoms with E-state index in [0.29, 0.717) is 12.0 Å². The zero-order valence-corrected chi connectivity index (χ0v) is 11.9. The fourth-order valence-corrected chi connectivity index (χ4v) is 2.74. The molecule has 1 aliphatic rings. The fraction of sp³-hybridized carbons (Fsp3) is 0.467. The minimum Gasteiger partial charge on any atom is -0.378 e. The number of allylic oxidation sites excluding steroid dienone is 1. The Morgan fingerprint density at radius 3 is 3.00 bits per heavy atom. The summed E-state index contributed by atoms with van der Waals surface area (Å²) in [5, 5.41) is 5.00. The number of hydrogen-bond acceptors (Lipinski definition) is 3. The molecule has 0 bridgehead atoms. The van der Waals surface area contributed by atoms with Crippen molar-refractivity contribution in [3.63, 3.8) is 0 Å². The van der Waals surface area contributed by atoms with Crippen LogP contribution in [0.5, 0.6) is 0 Å². The van der Waals surface area contributed by atoms with Crippen molar-refractivity contribution in [3.8, 4) is 0 Å². The van der Waals surface area contributed by atoms with Gasteiger partial charge in [-0.05, 0) is 37.8 Å². The molecule has 0 amide bonds. The molecule has 0 radical (unpaired) electrons. The highest BCUT2D eigenvalue weighted by atomic mass is 32.1. The van der Waals surface area contributed by atoms with Gasteiger partial charge in [0, 0.05) is 28.4 Å². The second-order valence-corrected chi connectivity index (χ2v) is 5.19. The van der Waals surface area contributed by atoms with Crippen LogP contribution in [-0.4, -0.2) is 10.4 Å². The Bertz CT molecular complexity index is 468. The van der Waals surface area contributed by atoms with E-state index in [9.17, 15) is 0 Å². The van der Waals surface area contributed by atoms with Crippen LogP contribution in [-0.2, 0) is 0 Å². The summed E-state index contributed by atoms with van der Waals surface area (Å²) < 4.78 is 0. The molecule has 2 rings (SSSR count). The Labute approximate surface area is 115 Å². The smallest absolute Gasteiger partial charge is 0.0532 e. The summed E-state index contributed by atoms with van der Waals surface area (Å²) in [6.45, 7) is 8.20. The van der Waals surface area contributed by atoms with E-state index in [4.69, 9.17) is 17.2 Å². The second-order valence-electron chi connectivity index (χ2n) is 4.95. The van der Waals surface area contributed by atoms with Gasteiger partial charge >= 0.3 is 0 Å². The van der Waals surface area contributed by atoms with Crippen LogP contribution in [0.25, 0.3) is 0 Å². The Morgan fingerprint density at radius 1 is 1.56 bits per heavy atom. The maximum Gasteiger partial charge on any atom is 0.0532 e. The minimum absolute atomic E-state index is 0.308. The van der Waals surface area contributed by atoms with Crippen LogP contribution in [0, 0.1) is 6.92 Å². The molecule has 3 heteroatoms. The van der Waals surface area contributed by atoms with E-state index in [1.54, 1.807) is 5.37 Å². The monoisotopic (exact) mass is 260 g/mol. The minimum atomic E-state index is 0.308. The molecule has 1 heterocycles. The molecule has 1 aromatic rings. The Kier molecular flexibility index (Phi) is 4.12. The van der Waals surface area contributed by atoms with Crippen molar-refractivity contribution in [2.75, 3.05) is 0 Å². The number of aromatic nitrogens is 1. The van der Waals surface area contributed by atoms with Gasteiger partial charge in [-0.25, -0.2) is 0 Å². The normalized spacial score (nSPS) is 22.1. The molecule has 0 spiro atoms. The van der Waals surface area contributed by atoms with Crippen molar-refractivity contribution >= 4 is 17.6 Å². The summed E-state index contributed by atoms with van der Waals surface area (Å²) in [6, 6.07) is 4.60. The van der Waals surface area contributed by atoms with Crippen molar-refractivity contribution in [1.29, 1.82) is 0 Å². The first kappa shape index (κ1) is 13.2. The van der Waals surface area contributed by atoms with E-state index in [1.807, 2.05) is 0 Å². The Hall–Kier alpha value is -1.22. The van der Waals surface area contributed by atoms with Gasteiger partial charge in [0.05, 0.1) is 6.04 Å². The van der Waals surface area contributed by atoms with Gasteiger partial charge in [-0.3, -0.25) is 4.98 Å². The molecule has 96 valence electrons. The predicted molar refractivity (Wildman–Crippen MR) is 79.9 cm³/mol. The van der Waals surface area contributed by atoms with Crippen molar-refractivity contribution in [3.05, 3.63) is 41.4 Å². The van der Waals surface area contributed by atoms with Gasteiger partial charge in [-0.2, -0.15) is 0 Å². The molecule has 1 aromatic heterocycles. The van der Waals surface area contributed by atoms with Crippen LogP contribution in [0.1, 0.15) is 55.1 Å². The molecule has 2 nitrogen and oxygen atoms in total. The lowest BCUT2D eigenvalue weighted by Gasteiger charge is -2.31. The maximum atomic E-state index is 4.91.